The largest absolute Gasteiger partial charge is 0.501 e. The Labute approximate surface area is 123 Å². The van der Waals surface area contributed by atoms with E-state index in [0.717, 1.165) is 30.9 Å². The summed E-state index contributed by atoms with van der Waals surface area (Å²) in [7, 11) is 0. The van der Waals surface area contributed by atoms with Crippen molar-refractivity contribution >= 4 is 0 Å². The van der Waals surface area contributed by atoms with E-state index in [1.165, 1.54) is 51.4 Å². The van der Waals surface area contributed by atoms with Crippen LogP contribution in [0.1, 0.15) is 58.3 Å². The second-order valence-electron chi connectivity index (χ2n) is 7.94. The van der Waals surface area contributed by atoms with Gasteiger partial charge in [-0.25, -0.2) is 0 Å². The molecule has 2 nitrogen and oxygen atoms in total. The molecule has 1 heterocycles. The summed E-state index contributed by atoms with van der Waals surface area (Å²) in [6.07, 6.45) is 13.6. The van der Waals surface area contributed by atoms with Crippen LogP contribution in [0.15, 0.2) is 11.8 Å². The normalized spacial score (nSPS) is 44.0. The third-order valence-electron chi connectivity index (χ3n) is 6.44. The van der Waals surface area contributed by atoms with Crippen LogP contribution in [-0.4, -0.2) is 19.2 Å². The molecule has 0 saturated heterocycles. The van der Waals surface area contributed by atoms with Crippen LogP contribution < -0.4 is 5.32 Å². The van der Waals surface area contributed by atoms with E-state index in [1.807, 2.05) is 0 Å². The van der Waals surface area contributed by atoms with Gasteiger partial charge in [-0.3, -0.25) is 0 Å². The fourth-order valence-corrected chi connectivity index (χ4v) is 6.27. The molecule has 2 heteroatoms. The van der Waals surface area contributed by atoms with Gasteiger partial charge in [0.1, 0.15) is 0 Å². The Bertz CT molecular complexity index is 365. The molecule has 4 aliphatic carbocycles. The molecule has 0 aromatic heterocycles. The molecular weight excluding hydrogens is 246 g/mol. The average molecular weight is 275 g/mol. The first-order chi connectivity index (χ1) is 9.79. The van der Waals surface area contributed by atoms with Crippen molar-refractivity contribution in [2.24, 2.45) is 23.2 Å². The van der Waals surface area contributed by atoms with Gasteiger partial charge in [0.2, 0.25) is 0 Å². The Morgan fingerprint density at radius 1 is 1.20 bits per heavy atom. The molecule has 4 fully saturated rings. The second-order valence-corrected chi connectivity index (χ2v) is 7.94. The maximum atomic E-state index is 5.67. The predicted octanol–water partition coefficient (Wildman–Crippen LogP) is 3.88. The Morgan fingerprint density at radius 2 is 1.85 bits per heavy atom. The van der Waals surface area contributed by atoms with Crippen molar-refractivity contribution in [3.8, 4) is 0 Å². The SMILES string of the molecule is CCNC(C1=COCCC1)C12CC3CC(CC(C3)C1)C2. The number of rotatable bonds is 4. The second kappa shape index (κ2) is 5.05. The van der Waals surface area contributed by atoms with Crippen molar-refractivity contribution in [2.75, 3.05) is 13.2 Å². The fourth-order valence-electron chi connectivity index (χ4n) is 6.27. The topological polar surface area (TPSA) is 21.3 Å². The summed E-state index contributed by atoms with van der Waals surface area (Å²) in [4.78, 5) is 0. The third kappa shape index (κ3) is 2.11. The van der Waals surface area contributed by atoms with E-state index in [4.69, 9.17) is 4.74 Å². The number of likely N-dealkylation sites (N-methyl/N-ethyl adjacent to an activating group) is 1. The first kappa shape index (κ1) is 13.2. The number of ether oxygens (including phenoxy) is 1. The molecule has 1 N–H and O–H groups in total. The molecular formula is C18H29NO. The summed E-state index contributed by atoms with van der Waals surface area (Å²) < 4.78 is 5.67. The minimum atomic E-state index is 0.567. The van der Waals surface area contributed by atoms with Gasteiger partial charge >= 0.3 is 0 Å². The number of hydrogen-bond acceptors (Lipinski definition) is 2. The van der Waals surface area contributed by atoms with E-state index in [2.05, 4.69) is 18.5 Å². The van der Waals surface area contributed by atoms with Crippen LogP contribution in [0.25, 0.3) is 0 Å². The van der Waals surface area contributed by atoms with Crippen molar-refractivity contribution in [3.63, 3.8) is 0 Å². The quantitative estimate of drug-likeness (QED) is 0.841. The molecule has 4 bridgehead atoms. The van der Waals surface area contributed by atoms with Crippen LogP contribution in [0.3, 0.4) is 0 Å². The molecule has 0 amide bonds. The molecule has 1 aliphatic heterocycles. The van der Waals surface area contributed by atoms with E-state index in [9.17, 15) is 0 Å². The fraction of sp³-hybridized carbons (Fsp3) is 0.889. The minimum Gasteiger partial charge on any atom is -0.501 e. The van der Waals surface area contributed by atoms with Crippen molar-refractivity contribution in [2.45, 2.75) is 64.3 Å². The molecule has 0 radical (unpaired) electrons. The summed E-state index contributed by atoms with van der Waals surface area (Å²) in [5.41, 5.74) is 2.14. The highest BCUT2D eigenvalue weighted by Crippen LogP contribution is 2.62. The summed E-state index contributed by atoms with van der Waals surface area (Å²) in [5, 5.41) is 3.86. The van der Waals surface area contributed by atoms with Crippen molar-refractivity contribution in [1.29, 1.82) is 0 Å². The Kier molecular flexibility index (Phi) is 3.33. The summed E-state index contributed by atoms with van der Waals surface area (Å²) >= 11 is 0. The van der Waals surface area contributed by atoms with Gasteiger partial charge in [-0.1, -0.05) is 6.92 Å². The Balaban J connectivity index is 1.63. The van der Waals surface area contributed by atoms with Crippen LogP contribution in [0.2, 0.25) is 0 Å². The monoisotopic (exact) mass is 275 g/mol. The molecule has 1 atom stereocenters. The zero-order valence-electron chi connectivity index (χ0n) is 12.9. The highest BCUT2D eigenvalue weighted by molar-refractivity contribution is 5.19. The third-order valence-corrected chi connectivity index (χ3v) is 6.44. The highest BCUT2D eigenvalue weighted by Gasteiger charge is 2.54. The zero-order valence-corrected chi connectivity index (χ0v) is 12.9. The van der Waals surface area contributed by atoms with Crippen molar-refractivity contribution < 1.29 is 4.74 Å². The summed E-state index contributed by atoms with van der Waals surface area (Å²) in [6, 6.07) is 0.598. The molecule has 0 spiro atoms. The first-order valence-electron chi connectivity index (χ1n) is 8.83. The summed E-state index contributed by atoms with van der Waals surface area (Å²) in [6.45, 7) is 4.27. The van der Waals surface area contributed by atoms with Gasteiger partial charge in [0.05, 0.1) is 12.9 Å². The lowest BCUT2D eigenvalue weighted by atomic mass is 9.47. The van der Waals surface area contributed by atoms with Crippen molar-refractivity contribution in [3.05, 3.63) is 11.8 Å². The Morgan fingerprint density at radius 3 is 2.35 bits per heavy atom. The zero-order chi connectivity index (χ0) is 13.6. The van der Waals surface area contributed by atoms with Gasteiger partial charge in [0, 0.05) is 6.04 Å². The van der Waals surface area contributed by atoms with Gasteiger partial charge in [-0.05, 0) is 86.7 Å². The van der Waals surface area contributed by atoms with Crippen molar-refractivity contribution in [1.82, 2.24) is 5.32 Å². The van der Waals surface area contributed by atoms with E-state index >= 15 is 0 Å². The number of hydrogen-bond donors (Lipinski definition) is 1. The van der Waals surface area contributed by atoms with Crippen LogP contribution in [0, 0.1) is 23.2 Å². The molecule has 20 heavy (non-hydrogen) atoms. The molecule has 4 saturated carbocycles. The Hall–Kier alpha value is -0.500. The van der Waals surface area contributed by atoms with Gasteiger partial charge in [0.25, 0.3) is 0 Å². The highest BCUT2D eigenvalue weighted by atomic mass is 16.5. The van der Waals surface area contributed by atoms with Gasteiger partial charge < -0.3 is 10.1 Å². The van der Waals surface area contributed by atoms with Crippen LogP contribution in [0.5, 0.6) is 0 Å². The van der Waals surface area contributed by atoms with Crippen LogP contribution in [-0.2, 0) is 4.74 Å². The van der Waals surface area contributed by atoms with E-state index in [1.54, 1.807) is 5.57 Å². The van der Waals surface area contributed by atoms with Gasteiger partial charge in [0.15, 0.2) is 0 Å². The first-order valence-corrected chi connectivity index (χ1v) is 8.83. The molecule has 0 aromatic carbocycles. The lowest BCUT2D eigenvalue weighted by Crippen LogP contribution is -2.56. The van der Waals surface area contributed by atoms with Gasteiger partial charge in [-0.15, -0.1) is 0 Å². The van der Waals surface area contributed by atoms with Crippen LogP contribution in [0.4, 0.5) is 0 Å². The van der Waals surface area contributed by atoms with E-state index in [0.29, 0.717) is 11.5 Å². The lowest BCUT2D eigenvalue weighted by molar-refractivity contribution is -0.0682. The maximum absolute atomic E-state index is 5.67. The van der Waals surface area contributed by atoms with Crippen LogP contribution >= 0.6 is 0 Å². The molecule has 112 valence electrons. The van der Waals surface area contributed by atoms with E-state index in [-0.39, 0.29) is 0 Å². The predicted molar refractivity (Wildman–Crippen MR) is 81.3 cm³/mol. The summed E-state index contributed by atoms with van der Waals surface area (Å²) in [5.74, 6) is 3.10. The average Bonchev–Trinajstić information content (AvgIpc) is 2.44. The van der Waals surface area contributed by atoms with Gasteiger partial charge in [-0.2, -0.15) is 0 Å². The standard InChI is InChI=1S/C18H29NO/c1-2-19-17(16-4-3-5-20-12-16)18-9-13-6-14(10-18)8-15(7-13)11-18/h12-15,17,19H,2-11H2,1H3. The molecule has 1 unspecified atom stereocenters. The maximum Gasteiger partial charge on any atom is 0.0876 e. The minimum absolute atomic E-state index is 0.567. The molecule has 5 aliphatic rings. The van der Waals surface area contributed by atoms with E-state index < -0.39 is 0 Å². The molecule has 0 aromatic rings. The number of nitrogens with one attached hydrogen (secondary N) is 1. The lowest BCUT2D eigenvalue weighted by Gasteiger charge is -2.60. The smallest absolute Gasteiger partial charge is 0.0876 e. The molecule has 5 rings (SSSR count).